The lowest BCUT2D eigenvalue weighted by molar-refractivity contribution is -0.136. The maximum atomic E-state index is 10.7. The summed E-state index contributed by atoms with van der Waals surface area (Å²) >= 11 is 5.97. The van der Waals surface area contributed by atoms with E-state index >= 15 is 0 Å². The van der Waals surface area contributed by atoms with Crippen LogP contribution in [0.5, 0.6) is 5.75 Å². The van der Waals surface area contributed by atoms with E-state index in [2.05, 4.69) is 0 Å². The normalized spacial score (nSPS) is 10.6. The molecule has 0 aliphatic carbocycles. The van der Waals surface area contributed by atoms with E-state index in [9.17, 15) is 4.79 Å². The first-order valence-electron chi connectivity index (χ1n) is 5.03. The van der Waals surface area contributed by atoms with Crippen molar-refractivity contribution in [2.24, 2.45) is 0 Å². The van der Waals surface area contributed by atoms with Crippen molar-refractivity contribution in [3.8, 4) is 5.75 Å². The molecule has 1 aromatic rings. The zero-order valence-corrected chi connectivity index (χ0v) is 10.3. The highest BCUT2D eigenvalue weighted by atomic mass is 35.5. The number of benzene rings is 1. The predicted octanol–water partition coefficient (Wildman–Crippen LogP) is 3.10. The van der Waals surface area contributed by atoms with Crippen molar-refractivity contribution in [2.75, 3.05) is 7.11 Å². The fourth-order valence-electron chi connectivity index (χ4n) is 1.62. The van der Waals surface area contributed by atoms with E-state index in [4.69, 9.17) is 21.4 Å². The number of halogens is 1. The Kier molecular flexibility index (Phi) is 4.19. The average Bonchev–Trinajstić information content (AvgIpc) is 2.16. The van der Waals surface area contributed by atoms with Gasteiger partial charge in [-0.15, -0.1) is 0 Å². The number of aliphatic carboxylic acids is 1. The van der Waals surface area contributed by atoms with E-state index in [1.54, 1.807) is 13.2 Å². The van der Waals surface area contributed by atoms with Gasteiger partial charge >= 0.3 is 5.97 Å². The van der Waals surface area contributed by atoms with Gasteiger partial charge in [0.25, 0.3) is 0 Å². The molecule has 0 saturated heterocycles. The highest BCUT2D eigenvalue weighted by Crippen LogP contribution is 2.32. The fourth-order valence-corrected chi connectivity index (χ4v) is 1.88. The Balaban J connectivity index is 3.24. The quantitative estimate of drug-likeness (QED) is 0.883. The maximum Gasteiger partial charge on any atom is 0.307 e. The predicted molar refractivity (Wildman–Crippen MR) is 63.4 cm³/mol. The smallest absolute Gasteiger partial charge is 0.307 e. The van der Waals surface area contributed by atoms with Crippen LogP contribution in [0, 0.1) is 0 Å². The van der Waals surface area contributed by atoms with Crippen LogP contribution in [0.3, 0.4) is 0 Å². The number of carboxylic acid groups (broad SMARTS) is 1. The van der Waals surface area contributed by atoms with Gasteiger partial charge in [0.05, 0.1) is 18.6 Å². The van der Waals surface area contributed by atoms with Gasteiger partial charge in [-0.05, 0) is 29.2 Å². The number of carbonyl (C=O) groups is 1. The lowest BCUT2D eigenvalue weighted by atomic mass is 9.95. The van der Waals surface area contributed by atoms with Crippen molar-refractivity contribution in [3.63, 3.8) is 0 Å². The molecule has 1 N–H and O–H groups in total. The van der Waals surface area contributed by atoms with Gasteiger partial charge in [0, 0.05) is 0 Å². The van der Waals surface area contributed by atoms with Crippen LogP contribution < -0.4 is 4.74 Å². The Hall–Kier alpha value is -1.22. The standard InChI is InChI=1S/C12H15ClO3/c1-7(2)9-6-11(16-3)10(13)4-8(9)5-12(14)15/h4,6-7H,5H2,1-3H3,(H,14,15). The molecule has 0 amide bonds. The van der Waals surface area contributed by atoms with E-state index < -0.39 is 5.97 Å². The molecule has 16 heavy (non-hydrogen) atoms. The third-order valence-corrected chi connectivity index (χ3v) is 2.67. The molecule has 0 aliphatic heterocycles. The molecule has 4 heteroatoms. The van der Waals surface area contributed by atoms with Gasteiger partial charge in [0.15, 0.2) is 0 Å². The molecule has 0 spiro atoms. The van der Waals surface area contributed by atoms with Crippen LogP contribution in [0.1, 0.15) is 30.9 Å². The third-order valence-electron chi connectivity index (χ3n) is 2.38. The summed E-state index contributed by atoms with van der Waals surface area (Å²) in [5.74, 6) is -0.0387. The van der Waals surface area contributed by atoms with E-state index in [0.29, 0.717) is 10.8 Å². The highest BCUT2D eigenvalue weighted by molar-refractivity contribution is 6.32. The SMILES string of the molecule is COc1cc(C(C)C)c(CC(=O)O)cc1Cl. The zero-order chi connectivity index (χ0) is 12.3. The molecule has 1 rings (SSSR count). The Morgan fingerprint density at radius 1 is 1.50 bits per heavy atom. The summed E-state index contributed by atoms with van der Waals surface area (Å²) in [4.78, 5) is 10.7. The van der Waals surface area contributed by atoms with Gasteiger partial charge in [0.1, 0.15) is 5.75 Å². The van der Waals surface area contributed by atoms with Crippen molar-refractivity contribution in [3.05, 3.63) is 28.3 Å². The summed E-state index contributed by atoms with van der Waals surface area (Å²) in [5.41, 5.74) is 1.71. The van der Waals surface area contributed by atoms with Crippen LogP contribution in [0.2, 0.25) is 5.02 Å². The van der Waals surface area contributed by atoms with Gasteiger partial charge in [-0.2, -0.15) is 0 Å². The summed E-state index contributed by atoms with van der Waals surface area (Å²) in [6.07, 6.45) is -0.0166. The number of hydrogen-bond donors (Lipinski definition) is 1. The number of ether oxygens (including phenoxy) is 1. The second kappa shape index (κ2) is 5.21. The first-order valence-corrected chi connectivity index (χ1v) is 5.41. The third kappa shape index (κ3) is 2.89. The Bertz CT molecular complexity index is 399. The number of methoxy groups -OCH3 is 1. The van der Waals surface area contributed by atoms with Crippen molar-refractivity contribution < 1.29 is 14.6 Å². The van der Waals surface area contributed by atoms with E-state index in [-0.39, 0.29) is 12.3 Å². The van der Waals surface area contributed by atoms with Crippen LogP contribution >= 0.6 is 11.6 Å². The topological polar surface area (TPSA) is 46.5 Å². The Morgan fingerprint density at radius 2 is 2.12 bits per heavy atom. The number of hydrogen-bond acceptors (Lipinski definition) is 2. The van der Waals surface area contributed by atoms with Gasteiger partial charge in [0.2, 0.25) is 0 Å². The molecule has 0 atom stereocenters. The molecule has 0 radical (unpaired) electrons. The molecule has 1 aromatic carbocycles. The number of carboxylic acids is 1. The summed E-state index contributed by atoms with van der Waals surface area (Å²) in [6.45, 7) is 4.02. The summed E-state index contributed by atoms with van der Waals surface area (Å²) in [5, 5.41) is 9.26. The van der Waals surface area contributed by atoms with Crippen LogP contribution in [0.15, 0.2) is 12.1 Å². The van der Waals surface area contributed by atoms with Crippen molar-refractivity contribution >= 4 is 17.6 Å². The zero-order valence-electron chi connectivity index (χ0n) is 9.58. The van der Waals surface area contributed by atoms with E-state index in [0.717, 1.165) is 11.1 Å². The van der Waals surface area contributed by atoms with Gasteiger partial charge in [-0.25, -0.2) is 0 Å². The molecule has 0 bridgehead atoms. The molecular formula is C12H15ClO3. The molecule has 0 unspecified atom stereocenters. The Labute approximate surface area is 100.0 Å². The van der Waals surface area contributed by atoms with Crippen molar-refractivity contribution in [2.45, 2.75) is 26.2 Å². The second-order valence-electron chi connectivity index (χ2n) is 3.91. The van der Waals surface area contributed by atoms with E-state index in [1.807, 2.05) is 19.9 Å². The molecule has 0 fully saturated rings. The molecular weight excluding hydrogens is 228 g/mol. The lowest BCUT2D eigenvalue weighted by Gasteiger charge is -2.14. The molecule has 0 saturated carbocycles. The van der Waals surface area contributed by atoms with Crippen LogP contribution in [0.4, 0.5) is 0 Å². The van der Waals surface area contributed by atoms with Crippen LogP contribution in [0.25, 0.3) is 0 Å². The first kappa shape index (κ1) is 12.8. The van der Waals surface area contributed by atoms with Crippen LogP contribution in [-0.2, 0) is 11.2 Å². The molecule has 0 heterocycles. The summed E-state index contributed by atoms with van der Waals surface area (Å²) in [6, 6.07) is 3.48. The Morgan fingerprint density at radius 3 is 2.56 bits per heavy atom. The minimum absolute atomic E-state index is 0.0166. The minimum Gasteiger partial charge on any atom is -0.495 e. The van der Waals surface area contributed by atoms with Gasteiger partial charge < -0.3 is 9.84 Å². The number of rotatable bonds is 4. The molecule has 3 nitrogen and oxygen atoms in total. The largest absolute Gasteiger partial charge is 0.495 e. The maximum absolute atomic E-state index is 10.7. The lowest BCUT2D eigenvalue weighted by Crippen LogP contribution is -2.05. The average molecular weight is 243 g/mol. The molecule has 0 aliphatic rings. The fraction of sp³-hybridized carbons (Fsp3) is 0.417. The highest BCUT2D eigenvalue weighted by Gasteiger charge is 2.14. The summed E-state index contributed by atoms with van der Waals surface area (Å²) in [7, 11) is 1.54. The minimum atomic E-state index is -0.858. The van der Waals surface area contributed by atoms with Gasteiger partial charge in [-0.3, -0.25) is 4.79 Å². The molecule has 88 valence electrons. The van der Waals surface area contributed by atoms with E-state index in [1.165, 1.54) is 0 Å². The molecule has 0 aromatic heterocycles. The second-order valence-corrected chi connectivity index (χ2v) is 4.32. The van der Waals surface area contributed by atoms with Crippen molar-refractivity contribution in [1.29, 1.82) is 0 Å². The van der Waals surface area contributed by atoms with Gasteiger partial charge in [-0.1, -0.05) is 25.4 Å². The first-order chi connectivity index (χ1) is 7.45. The summed E-state index contributed by atoms with van der Waals surface area (Å²) < 4.78 is 5.12. The monoisotopic (exact) mass is 242 g/mol. The van der Waals surface area contributed by atoms with Crippen molar-refractivity contribution in [1.82, 2.24) is 0 Å². The van der Waals surface area contributed by atoms with Crippen LogP contribution in [-0.4, -0.2) is 18.2 Å².